The van der Waals surface area contributed by atoms with Crippen LogP contribution in [0.15, 0.2) is 42.6 Å². The van der Waals surface area contributed by atoms with E-state index in [9.17, 15) is 9.59 Å². The topological polar surface area (TPSA) is 86.4 Å². The lowest BCUT2D eigenvalue weighted by Gasteiger charge is -2.17. The van der Waals surface area contributed by atoms with Gasteiger partial charge in [0.05, 0.1) is 11.9 Å². The van der Waals surface area contributed by atoms with Crippen LogP contribution >= 0.6 is 0 Å². The number of aromatic nitrogens is 1. The van der Waals surface area contributed by atoms with E-state index in [1.807, 2.05) is 26.0 Å². The molecule has 142 valence electrons. The van der Waals surface area contributed by atoms with Gasteiger partial charge in [-0.2, -0.15) is 0 Å². The molecule has 3 rings (SSSR count). The molecule has 0 spiro atoms. The second-order valence-corrected chi connectivity index (χ2v) is 6.88. The largest absolute Gasteiger partial charge is 0.370 e. The lowest BCUT2D eigenvalue weighted by Crippen LogP contribution is -2.34. The maximum Gasteiger partial charge on any atom is 0.319 e. The predicted octanol–water partition coefficient (Wildman–Crippen LogP) is 3.46. The first kappa shape index (κ1) is 18.7. The van der Waals surface area contributed by atoms with E-state index in [0.29, 0.717) is 17.1 Å². The Morgan fingerprint density at radius 3 is 2.30 bits per heavy atom. The Bertz CT molecular complexity index is 781. The van der Waals surface area contributed by atoms with Crippen LogP contribution in [0.1, 0.15) is 37.0 Å². The van der Waals surface area contributed by atoms with Crippen LogP contribution in [0, 0.1) is 0 Å². The highest BCUT2D eigenvalue weighted by Gasteiger charge is 2.13. The van der Waals surface area contributed by atoms with Crippen LogP contribution in [0.4, 0.5) is 22.0 Å². The number of anilines is 3. The lowest BCUT2D eigenvalue weighted by molar-refractivity contribution is 0.102. The summed E-state index contributed by atoms with van der Waals surface area (Å²) in [5.74, 6) is 0.274. The fraction of sp³-hybridized carbons (Fsp3) is 0.350. The van der Waals surface area contributed by atoms with E-state index in [1.54, 1.807) is 30.5 Å². The Kier molecular flexibility index (Phi) is 5.90. The zero-order valence-corrected chi connectivity index (χ0v) is 15.7. The van der Waals surface area contributed by atoms with Crippen LogP contribution in [0.3, 0.4) is 0 Å². The lowest BCUT2D eigenvalue weighted by atomic mass is 10.2. The summed E-state index contributed by atoms with van der Waals surface area (Å²) in [5.41, 5.74) is 2.20. The van der Waals surface area contributed by atoms with Gasteiger partial charge in [-0.15, -0.1) is 0 Å². The molecule has 7 heteroatoms. The number of hydrogen-bond donors (Lipinski definition) is 3. The minimum Gasteiger partial charge on any atom is -0.370 e. The molecule has 2 heterocycles. The average Bonchev–Trinajstić information content (AvgIpc) is 3.17. The molecule has 0 saturated carbocycles. The molecule has 1 aliphatic rings. The second kappa shape index (κ2) is 8.53. The molecule has 27 heavy (non-hydrogen) atoms. The van der Waals surface area contributed by atoms with Gasteiger partial charge in [0.1, 0.15) is 5.82 Å². The molecule has 0 unspecified atom stereocenters. The number of amides is 3. The molecule has 0 aliphatic carbocycles. The molecule has 7 nitrogen and oxygen atoms in total. The predicted molar refractivity (Wildman–Crippen MR) is 107 cm³/mol. The fourth-order valence-electron chi connectivity index (χ4n) is 2.95. The monoisotopic (exact) mass is 367 g/mol. The highest BCUT2D eigenvalue weighted by Crippen LogP contribution is 2.20. The van der Waals surface area contributed by atoms with Crippen molar-refractivity contribution in [3.05, 3.63) is 48.2 Å². The standard InChI is InChI=1S/C20H25N5O2/c1-14(2)22-20(27)23-16-7-5-15(6-8-16)19(26)24-18-10-9-17(13-21-18)25-11-3-4-12-25/h5-10,13-14H,3-4,11-12H2,1-2H3,(H,21,24,26)(H2,22,23,27). The van der Waals surface area contributed by atoms with Crippen LogP contribution in [0.25, 0.3) is 0 Å². The van der Waals surface area contributed by atoms with E-state index in [-0.39, 0.29) is 18.0 Å². The molecular weight excluding hydrogens is 342 g/mol. The van der Waals surface area contributed by atoms with Gasteiger partial charge < -0.3 is 20.9 Å². The van der Waals surface area contributed by atoms with Gasteiger partial charge in [0, 0.05) is 30.4 Å². The van der Waals surface area contributed by atoms with Crippen LogP contribution in [0.5, 0.6) is 0 Å². The van der Waals surface area contributed by atoms with Crippen molar-refractivity contribution in [1.82, 2.24) is 10.3 Å². The first-order valence-electron chi connectivity index (χ1n) is 9.21. The van der Waals surface area contributed by atoms with Crippen molar-refractivity contribution in [2.24, 2.45) is 0 Å². The van der Waals surface area contributed by atoms with Gasteiger partial charge in [-0.1, -0.05) is 0 Å². The molecule has 1 aromatic carbocycles. The first-order valence-corrected chi connectivity index (χ1v) is 9.21. The number of nitrogens with zero attached hydrogens (tertiary/aromatic N) is 2. The summed E-state index contributed by atoms with van der Waals surface area (Å²) in [5, 5.41) is 8.26. The molecule has 0 bridgehead atoms. The summed E-state index contributed by atoms with van der Waals surface area (Å²) >= 11 is 0. The number of carbonyl (C=O) groups excluding carboxylic acids is 2. The van der Waals surface area contributed by atoms with Crippen LogP contribution in [0.2, 0.25) is 0 Å². The van der Waals surface area contributed by atoms with Crippen molar-refractivity contribution in [2.45, 2.75) is 32.7 Å². The summed E-state index contributed by atoms with van der Waals surface area (Å²) < 4.78 is 0. The zero-order valence-electron chi connectivity index (χ0n) is 15.7. The molecule has 3 N–H and O–H groups in total. The van der Waals surface area contributed by atoms with Gasteiger partial charge in [0.25, 0.3) is 5.91 Å². The number of carbonyl (C=O) groups is 2. The van der Waals surface area contributed by atoms with Crippen LogP contribution in [-0.2, 0) is 0 Å². The Balaban J connectivity index is 1.56. The first-order chi connectivity index (χ1) is 13.0. The van der Waals surface area contributed by atoms with Crippen molar-refractivity contribution in [1.29, 1.82) is 0 Å². The third-order valence-electron chi connectivity index (χ3n) is 4.29. The maximum atomic E-state index is 12.4. The number of hydrogen-bond acceptors (Lipinski definition) is 4. The maximum absolute atomic E-state index is 12.4. The van der Waals surface area contributed by atoms with Crippen molar-refractivity contribution in [3.8, 4) is 0 Å². The van der Waals surface area contributed by atoms with E-state index in [4.69, 9.17) is 0 Å². The molecule has 1 saturated heterocycles. The molecular formula is C20H25N5O2. The van der Waals surface area contributed by atoms with Gasteiger partial charge in [-0.05, 0) is 63.1 Å². The Morgan fingerprint density at radius 2 is 1.70 bits per heavy atom. The SMILES string of the molecule is CC(C)NC(=O)Nc1ccc(C(=O)Nc2ccc(N3CCCC3)cn2)cc1. The molecule has 3 amide bonds. The van der Waals surface area contributed by atoms with Crippen molar-refractivity contribution >= 4 is 29.1 Å². The zero-order chi connectivity index (χ0) is 19.2. The van der Waals surface area contributed by atoms with Crippen molar-refractivity contribution in [3.63, 3.8) is 0 Å². The fourth-order valence-corrected chi connectivity index (χ4v) is 2.95. The number of pyridine rings is 1. The third-order valence-corrected chi connectivity index (χ3v) is 4.29. The van der Waals surface area contributed by atoms with E-state index in [2.05, 4.69) is 25.8 Å². The smallest absolute Gasteiger partial charge is 0.319 e. The molecule has 2 aromatic rings. The minimum absolute atomic E-state index is 0.0550. The molecule has 1 fully saturated rings. The summed E-state index contributed by atoms with van der Waals surface area (Å²) in [7, 11) is 0. The summed E-state index contributed by atoms with van der Waals surface area (Å²) in [4.78, 5) is 30.7. The van der Waals surface area contributed by atoms with Crippen LogP contribution < -0.4 is 20.9 Å². The summed E-state index contributed by atoms with van der Waals surface area (Å²) in [6, 6.07) is 10.3. The number of urea groups is 1. The third kappa shape index (κ3) is 5.20. The van der Waals surface area contributed by atoms with Crippen molar-refractivity contribution in [2.75, 3.05) is 28.6 Å². The highest BCUT2D eigenvalue weighted by atomic mass is 16.2. The normalized spacial score (nSPS) is 13.5. The van der Waals surface area contributed by atoms with Gasteiger partial charge >= 0.3 is 6.03 Å². The molecule has 0 atom stereocenters. The molecule has 0 radical (unpaired) electrons. The van der Waals surface area contributed by atoms with Gasteiger partial charge in [-0.25, -0.2) is 9.78 Å². The Morgan fingerprint density at radius 1 is 1.00 bits per heavy atom. The van der Waals surface area contributed by atoms with E-state index in [1.165, 1.54) is 12.8 Å². The number of nitrogens with one attached hydrogen (secondary N) is 3. The van der Waals surface area contributed by atoms with E-state index >= 15 is 0 Å². The number of benzene rings is 1. The minimum atomic E-state index is -0.274. The summed E-state index contributed by atoms with van der Waals surface area (Å²) in [6.07, 6.45) is 4.21. The highest BCUT2D eigenvalue weighted by molar-refractivity contribution is 6.04. The van der Waals surface area contributed by atoms with Gasteiger partial charge in [-0.3, -0.25) is 4.79 Å². The van der Waals surface area contributed by atoms with E-state index < -0.39 is 0 Å². The second-order valence-electron chi connectivity index (χ2n) is 6.88. The Hall–Kier alpha value is -3.09. The average molecular weight is 367 g/mol. The van der Waals surface area contributed by atoms with Gasteiger partial charge in [0.15, 0.2) is 0 Å². The van der Waals surface area contributed by atoms with Gasteiger partial charge in [0.2, 0.25) is 0 Å². The Labute approximate surface area is 159 Å². The van der Waals surface area contributed by atoms with Crippen LogP contribution in [-0.4, -0.2) is 36.1 Å². The number of rotatable bonds is 5. The molecule has 1 aliphatic heterocycles. The van der Waals surface area contributed by atoms with E-state index in [0.717, 1.165) is 18.8 Å². The molecule has 1 aromatic heterocycles. The summed E-state index contributed by atoms with van der Waals surface area (Å²) in [6.45, 7) is 5.89. The quantitative estimate of drug-likeness (QED) is 0.755. The van der Waals surface area contributed by atoms with Crippen molar-refractivity contribution < 1.29 is 9.59 Å².